The fraction of sp³-hybridized carbons (Fsp3) is 0.379. The number of aryl methyl sites for hydroxylation is 2. The topological polar surface area (TPSA) is 60.9 Å². The van der Waals surface area contributed by atoms with Gasteiger partial charge in [-0.15, -0.1) is 0 Å². The minimum Gasteiger partial charge on any atom is -0.490 e. The summed E-state index contributed by atoms with van der Waals surface area (Å²) in [7, 11) is 3.65. The standard InChI is InChI=1S/C29H33F3N2O4/c1-20-24(9-13-27(33-20)22-7-10-25(11-8-22)29(30,31)32)19-34(3)26-12-14-28(38-17-16-37-21(2)35)23(18-26)6-5-15-36-4/h7-14,18H,5-6,15-17,19H2,1-4H3. The van der Waals surface area contributed by atoms with Gasteiger partial charge in [0.2, 0.25) is 0 Å². The van der Waals surface area contributed by atoms with Crippen molar-refractivity contribution in [2.24, 2.45) is 0 Å². The molecule has 0 bridgehead atoms. The van der Waals surface area contributed by atoms with Crippen molar-refractivity contribution in [2.45, 2.75) is 39.4 Å². The first kappa shape index (κ1) is 29.0. The Morgan fingerprint density at radius 1 is 0.974 bits per heavy atom. The van der Waals surface area contributed by atoms with E-state index in [9.17, 15) is 18.0 Å². The molecule has 204 valence electrons. The van der Waals surface area contributed by atoms with Crippen LogP contribution in [0.2, 0.25) is 0 Å². The molecule has 2 aromatic carbocycles. The number of esters is 1. The van der Waals surface area contributed by atoms with Gasteiger partial charge >= 0.3 is 12.1 Å². The molecular formula is C29H33F3N2O4. The lowest BCUT2D eigenvalue weighted by Crippen LogP contribution is -2.18. The summed E-state index contributed by atoms with van der Waals surface area (Å²) in [6.07, 6.45) is -2.77. The zero-order valence-electron chi connectivity index (χ0n) is 22.1. The van der Waals surface area contributed by atoms with Crippen LogP contribution in [0.5, 0.6) is 5.75 Å². The Kier molecular flexibility index (Phi) is 10.1. The predicted molar refractivity (Wildman–Crippen MR) is 140 cm³/mol. The van der Waals surface area contributed by atoms with Crippen molar-refractivity contribution in [3.8, 4) is 17.0 Å². The highest BCUT2D eigenvalue weighted by atomic mass is 19.4. The van der Waals surface area contributed by atoms with Crippen LogP contribution in [-0.2, 0) is 33.4 Å². The Morgan fingerprint density at radius 2 is 1.71 bits per heavy atom. The number of alkyl halides is 3. The number of pyridine rings is 1. The number of rotatable bonds is 12. The summed E-state index contributed by atoms with van der Waals surface area (Å²) in [5, 5.41) is 0. The Morgan fingerprint density at radius 3 is 2.34 bits per heavy atom. The molecular weight excluding hydrogens is 497 g/mol. The number of hydrogen-bond donors (Lipinski definition) is 0. The van der Waals surface area contributed by atoms with Gasteiger partial charge in [-0.05, 0) is 67.3 Å². The molecule has 0 N–H and O–H groups in total. The van der Waals surface area contributed by atoms with E-state index in [2.05, 4.69) is 16.0 Å². The van der Waals surface area contributed by atoms with Crippen molar-refractivity contribution in [1.82, 2.24) is 4.98 Å². The monoisotopic (exact) mass is 530 g/mol. The number of halogens is 3. The maximum atomic E-state index is 12.9. The van der Waals surface area contributed by atoms with Gasteiger partial charge in [0.25, 0.3) is 0 Å². The second kappa shape index (κ2) is 13.3. The van der Waals surface area contributed by atoms with Crippen LogP contribution in [0.1, 0.15) is 35.7 Å². The molecule has 0 fully saturated rings. The molecule has 6 nitrogen and oxygen atoms in total. The zero-order chi connectivity index (χ0) is 27.7. The predicted octanol–water partition coefficient (Wildman–Crippen LogP) is 6.23. The quantitative estimate of drug-likeness (QED) is 0.204. The Labute approximate surface area is 221 Å². The average Bonchev–Trinajstić information content (AvgIpc) is 2.88. The van der Waals surface area contributed by atoms with Crippen LogP contribution in [0.25, 0.3) is 11.3 Å². The molecule has 0 aliphatic rings. The first-order chi connectivity index (χ1) is 18.1. The summed E-state index contributed by atoms with van der Waals surface area (Å²) < 4.78 is 54.6. The minimum atomic E-state index is -4.37. The average molecular weight is 531 g/mol. The third kappa shape index (κ3) is 8.21. The van der Waals surface area contributed by atoms with Crippen molar-refractivity contribution < 1.29 is 32.2 Å². The van der Waals surface area contributed by atoms with Gasteiger partial charge in [0, 0.05) is 51.2 Å². The molecule has 38 heavy (non-hydrogen) atoms. The number of carbonyl (C=O) groups is 1. The van der Waals surface area contributed by atoms with Crippen LogP contribution in [0.15, 0.2) is 54.6 Å². The van der Waals surface area contributed by atoms with Crippen molar-refractivity contribution in [2.75, 3.05) is 38.9 Å². The molecule has 1 heterocycles. The third-order valence-corrected chi connectivity index (χ3v) is 6.04. The molecule has 0 atom stereocenters. The van der Waals surface area contributed by atoms with Crippen LogP contribution < -0.4 is 9.64 Å². The van der Waals surface area contributed by atoms with E-state index >= 15 is 0 Å². The van der Waals surface area contributed by atoms with E-state index in [4.69, 9.17) is 14.2 Å². The summed E-state index contributed by atoms with van der Waals surface area (Å²) in [4.78, 5) is 17.7. The Hall–Kier alpha value is -3.59. The number of hydrogen-bond acceptors (Lipinski definition) is 6. The van der Waals surface area contributed by atoms with E-state index < -0.39 is 11.7 Å². The fourth-order valence-corrected chi connectivity index (χ4v) is 3.98. The number of benzene rings is 2. The van der Waals surface area contributed by atoms with Gasteiger partial charge in [-0.2, -0.15) is 13.2 Å². The van der Waals surface area contributed by atoms with Crippen LogP contribution in [0.4, 0.5) is 18.9 Å². The van der Waals surface area contributed by atoms with Crippen LogP contribution >= 0.6 is 0 Å². The summed E-state index contributed by atoms with van der Waals surface area (Å²) in [6.45, 7) is 4.93. The molecule has 9 heteroatoms. The summed E-state index contributed by atoms with van der Waals surface area (Å²) in [5.74, 6) is 0.396. The van der Waals surface area contributed by atoms with Crippen molar-refractivity contribution >= 4 is 11.7 Å². The van der Waals surface area contributed by atoms with E-state index in [1.54, 1.807) is 7.11 Å². The smallest absolute Gasteiger partial charge is 0.416 e. The van der Waals surface area contributed by atoms with Crippen molar-refractivity contribution in [1.29, 1.82) is 0 Å². The molecule has 0 saturated heterocycles. The van der Waals surface area contributed by atoms with Gasteiger partial charge in [-0.1, -0.05) is 18.2 Å². The lowest BCUT2D eigenvalue weighted by atomic mass is 10.1. The second-order valence-electron chi connectivity index (χ2n) is 8.95. The molecule has 0 saturated carbocycles. The van der Waals surface area contributed by atoms with E-state index in [-0.39, 0.29) is 19.2 Å². The highest BCUT2D eigenvalue weighted by molar-refractivity contribution is 5.65. The molecule has 0 aliphatic heterocycles. The molecule has 0 radical (unpaired) electrons. The summed E-state index contributed by atoms with van der Waals surface area (Å²) in [5.41, 5.74) is 4.41. The third-order valence-electron chi connectivity index (χ3n) is 6.04. The van der Waals surface area contributed by atoms with Crippen molar-refractivity contribution in [3.63, 3.8) is 0 Å². The van der Waals surface area contributed by atoms with Crippen LogP contribution in [0, 0.1) is 6.92 Å². The van der Waals surface area contributed by atoms with Crippen molar-refractivity contribution in [3.05, 3.63) is 77.0 Å². The molecule has 0 amide bonds. The van der Waals surface area contributed by atoms with E-state index in [0.717, 1.165) is 53.2 Å². The first-order valence-corrected chi connectivity index (χ1v) is 12.3. The highest BCUT2D eigenvalue weighted by Gasteiger charge is 2.30. The number of nitrogens with zero attached hydrogens (tertiary/aromatic N) is 2. The maximum Gasteiger partial charge on any atom is 0.416 e. The molecule has 1 aromatic heterocycles. The number of ether oxygens (including phenoxy) is 3. The molecule has 0 aliphatic carbocycles. The number of anilines is 1. The fourth-order valence-electron chi connectivity index (χ4n) is 3.98. The second-order valence-corrected chi connectivity index (χ2v) is 8.95. The van der Waals surface area contributed by atoms with E-state index in [0.29, 0.717) is 24.4 Å². The van der Waals surface area contributed by atoms with Gasteiger partial charge < -0.3 is 19.1 Å². The molecule has 0 unspecified atom stereocenters. The maximum absolute atomic E-state index is 12.9. The van der Waals surface area contributed by atoms with Crippen LogP contribution in [0.3, 0.4) is 0 Å². The molecule has 3 aromatic rings. The Bertz CT molecular complexity index is 1210. The van der Waals surface area contributed by atoms with Gasteiger partial charge in [-0.25, -0.2) is 0 Å². The lowest BCUT2D eigenvalue weighted by Gasteiger charge is -2.22. The SMILES string of the molecule is COCCCc1cc(N(C)Cc2ccc(-c3ccc(C(F)(F)F)cc3)nc2C)ccc1OCCOC(C)=O. The van der Waals surface area contributed by atoms with E-state index in [1.165, 1.54) is 19.1 Å². The van der Waals surface area contributed by atoms with Crippen LogP contribution in [-0.4, -0.2) is 44.9 Å². The largest absolute Gasteiger partial charge is 0.490 e. The molecule has 3 rings (SSSR count). The molecule has 0 spiro atoms. The minimum absolute atomic E-state index is 0.184. The normalized spacial score (nSPS) is 11.3. The zero-order valence-corrected chi connectivity index (χ0v) is 22.1. The summed E-state index contributed by atoms with van der Waals surface area (Å²) in [6, 6.07) is 14.8. The number of aromatic nitrogens is 1. The van der Waals surface area contributed by atoms with E-state index in [1.807, 2.05) is 38.2 Å². The Balaban J connectivity index is 1.72. The number of methoxy groups -OCH3 is 1. The van der Waals surface area contributed by atoms with Gasteiger partial charge in [0.1, 0.15) is 19.0 Å². The summed E-state index contributed by atoms with van der Waals surface area (Å²) >= 11 is 0. The van der Waals surface area contributed by atoms with Gasteiger partial charge in [0.05, 0.1) is 11.3 Å². The lowest BCUT2D eigenvalue weighted by molar-refractivity contribution is -0.141. The highest BCUT2D eigenvalue weighted by Crippen LogP contribution is 2.31. The first-order valence-electron chi connectivity index (χ1n) is 12.3. The number of carbonyl (C=O) groups excluding carboxylic acids is 1. The van der Waals surface area contributed by atoms with Gasteiger partial charge in [0.15, 0.2) is 0 Å². The van der Waals surface area contributed by atoms with Gasteiger partial charge in [-0.3, -0.25) is 9.78 Å².